The fraction of sp³-hybridized carbons (Fsp3) is 0.650. The molecule has 6 heteroatoms. The molecule has 0 aromatic heterocycles. The van der Waals surface area contributed by atoms with Gasteiger partial charge in [0.25, 0.3) is 0 Å². The van der Waals surface area contributed by atoms with E-state index < -0.39 is 0 Å². The fourth-order valence-corrected chi connectivity index (χ4v) is 4.42. The van der Waals surface area contributed by atoms with Crippen molar-refractivity contribution in [2.45, 2.75) is 37.8 Å². The van der Waals surface area contributed by atoms with Crippen LogP contribution in [0.1, 0.15) is 31.2 Å². The minimum atomic E-state index is 0.518. The van der Waals surface area contributed by atoms with E-state index in [1.807, 2.05) is 0 Å². The molecular weight excluding hydrogens is 392 g/mol. The van der Waals surface area contributed by atoms with Gasteiger partial charge in [0, 0.05) is 55.2 Å². The average molecular weight is 421 g/mol. The van der Waals surface area contributed by atoms with Crippen molar-refractivity contribution in [1.29, 1.82) is 0 Å². The number of guanidine groups is 1. The molecule has 0 amide bonds. The number of aliphatic imine (C=N–C) groups is 1. The average Bonchev–Trinajstić information content (AvgIpc) is 3.26. The van der Waals surface area contributed by atoms with Crippen LogP contribution in [0.15, 0.2) is 33.7 Å². The zero-order valence-corrected chi connectivity index (χ0v) is 17.1. The number of hydrogen-bond donors (Lipinski definition) is 1. The van der Waals surface area contributed by atoms with Crippen LogP contribution in [0.2, 0.25) is 0 Å². The highest BCUT2D eigenvalue weighted by Gasteiger charge is 2.40. The molecule has 3 unspecified atom stereocenters. The minimum Gasteiger partial charge on any atom is -0.379 e. The summed E-state index contributed by atoms with van der Waals surface area (Å²) in [6, 6.07) is 9.90. The van der Waals surface area contributed by atoms with E-state index in [4.69, 9.17) is 9.73 Å². The lowest BCUT2D eigenvalue weighted by atomic mass is 10.1. The highest BCUT2D eigenvalue weighted by atomic mass is 79.9. The predicted octanol–water partition coefficient (Wildman–Crippen LogP) is 2.68. The van der Waals surface area contributed by atoms with Crippen LogP contribution in [0, 0.1) is 0 Å². The quantitative estimate of drug-likeness (QED) is 0.600. The standard InChI is InChI=1S/C20H29BrN4O/c1-2-22-20(23-19-13-18(19)15-3-5-16(21)6-4-15)25-8-7-17(14-25)24-9-11-26-12-10-24/h3-6,17-19H,2,7-14H2,1H3,(H,22,23). The molecule has 2 heterocycles. The Balaban J connectivity index is 1.34. The van der Waals surface area contributed by atoms with Crippen molar-refractivity contribution in [2.75, 3.05) is 45.9 Å². The van der Waals surface area contributed by atoms with Gasteiger partial charge in [0.1, 0.15) is 0 Å². The van der Waals surface area contributed by atoms with E-state index in [-0.39, 0.29) is 0 Å². The van der Waals surface area contributed by atoms with E-state index in [2.05, 4.69) is 62.2 Å². The van der Waals surface area contributed by atoms with Gasteiger partial charge in [-0.15, -0.1) is 0 Å². The molecule has 4 rings (SSSR count). The third-order valence-electron chi connectivity index (χ3n) is 5.74. The second-order valence-corrected chi connectivity index (χ2v) is 8.40. The van der Waals surface area contributed by atoms with Gasteiger partial charge in [-0.05, 0) is 37.5 Å². The summed E-state index contributed by atoms with van der Waals surface area (Å²) in [7, 11) is 0. The molecule has 2 aliphatic heterocycles. The lowest BCUT2D eigenvalue weighted by molar-refractivity contribution is 0.0195. The van der Waals surface area contributed by atoms with Crippen LogP contribution in [0.3, 0.4) is 0 Å². The molecule has 26 heavy (non-hydrogen) atoms. The number of benzene rings is 1. The highest BCUT2D eigenvalue weighted by Crippen LogP contribution is 2.41. The molecule has 1 N–H and O–H groups in total. The number of nitrogens with one attached hydrogen (secondary N) is 1. The van der Waals surface area contributed by atoms with Gasteiger partial charge in [-0.1, -0.05) is 28.1 Å². The number of rotatable bonds is 4. The van der Waals surface area contributed by atoms with E-state index in [0.717, 1.165) is 56.4 Å². The van der Waals surface area contributed by atoms with Gasteiger partial charge in [0.15, 0.2) is 5.96 Å². The van der Waals surface area contributed by atoms with Crippen molar-refractivity contribution in [1.82, 2.24) is 15.1 Å². The van der Waals surface area contributed by atoms with E-state index in [1.54, 1.807) is 0 Å². The fourth-order valence-electron chi connectivity index (χ4n) is 4.16. The van der Waals surface area contributed by atoms with E-state index >= 15 is 0 Å². The molecule has 1 aromatic rings. The Kier molecular flexibility index (Phi) is 5.81. The third kappa shape index (κ3) is 4.24. The van der Waals surface area contributed by atoms with Crippen LogP contribution in [0.5, 0.6) is 0 Å². The first-order valence-corrected chi connectivity index (χ1v) is 10.7. The normalized spacial score (nSPS) is 29.8. The van der Waals surface area contributed by atoms with Gasteiger partial charge in [-0.25, -0.2) is 0 Å². The summed E-state index contributed by atoms with van der Waals surface area (Å²) >= 11 is 3.52. The number of ether oxygens (including phenoxy) is 1. The van der Waals surface area contributed by atoms with Crippen LogP contribution >= 0.6 is 15.9 Å². The number of nitrogens with zero attached hydrogens (tertiary/aromatic N) is 3. The summed E-state index contributed by atoms with van der Waals surface area (Å²) in [5.41, 5.74) is 1.43. The summed E-state index contributed by atoms with van der Waals surface area (Å²) < 4.78 is 6.64. The van der Waals surface area contributed by atoms with Gasteiger partial charge in [-0.3, -0.25) is 9.89 Å². The molecule has 3 aliphatic rings. The molecule has 0 bridgehead atoms. The van der Waals surface area contributed by atoms with Gasteiger partial charge >= 0.3 is 0 Å². The second-order valence-electron chi connectivity index (χ2n) is 7.48. The Labute approximate surface area is 164 Å². The second kappa shape index (κ2) is 8.28. The molecule has 3 fully saturated rings. The Morgan fingerprint density at radius 3 is 2.73 bits per heavy atom. The van der Waals surface area contributed by atoms with Crippen molar-refractivity contribution < 1.29 is 4.74 Å². The molecule has 142 valence electrons. The van der Waals surface area contributed by atoms with Gasteiger partial charge in [-0.2, -0.15) is 0 Å². The molecule has 1 aromatic carbocycles. The van der Waals surface area contributed by atoms with Gasteiger partial charge < -0.3 is 15.0 Å². The summed E-state index contributed by atoms with van der Waals surface area (Å²) in [5, 5.41) is 3.74. The molecular formula is C20H29BrN4O. The van der Waals surface area contributed by atoms with Crippen molar-refractivity contribution in [3.8, 4) is 0 Å². The first-order valence-electron chi connectivity index (χ1n) is 9.88. The largest absolute Gasteiger partial charge is 0.379 e. The molecule has 0 radical (unpaired) electrons. The van der Waals surface area contributed by atoms with Crippen molar-refractivity contribution in [3.05, 3.63) is 34.3 Å². The minimum absolute atomic E-state index is 0.518. The Morgan fingerprint density at radius 1 is 1.23 bits per heavy atom. The molecule has 2 saturated heterocycles. The van der Waals surface area contributed by atoms with Crippen LogP contribution in [0.25, 0.3) is 0 Å². The zero-order valence-electron chi connectivity index (χ0n) is 15.5. The third-order valence-corrected chi connectivity index (χ3v) is 6.26. The summed E-state index contributed by atoms with van der Waals surface area (Å²) in [6.07, 6.45) is 2.43. The molecule has 3 atom stereocenters. The number of halogens is 1. The SMILES string of the molecule is CCN=C(NC1CC1c1ccc(Br)cc1)N1CCC(N2CCOCC2)C1. The lowest BCUT2D eigenvalue weighted by Crippen LogP contribution is -2.47. The van der Waals surface area contributed by atoms with Crippen molar-refractivity contribution in [2.24, 2.45) is 4.99 Å². The summed E-state index contributed by atoms with van der Waals surface area (Å²) in [4.78, 5) is 9.84. The van der Waals surface area contributed by atoms with Crippen LogP contribution in [-0.2, 0) is 4.74 Å². The predicted molar refractivity (Wildman–Crippen MR) is 109 cm³/mol. The van der Waals surface area contributed by atoms with E-state index in [0.29, 0.717) is 18.0 Å². The first-order chi connectivity index (χ1) is 12.7. The van der Waals surface area contributed by atoms with Crippen LogP contribution < -0.4 is 5.32 Å². The molecule has 5 nitrogen and oxygen atoms in total. The molecule has 1 aliphatic carbocycles. The Bertz CT molecular complexity index is 629. The topological polar surface area (TPSA) is 40.1 Å². The summed E-state index contributed by atoms with van der Waals surface area (Å²) in [6.45, 7) is 9.03. The maximum Gasteiger partial charge on any atom is 0.194 e. The number of morpholine rings is 1. The lowest BCUT2D eigenvalue weighted by Gasteiger charge is -2.32. The summed E-state index contributed by atoms with van der Waals surface area (Å²) in [5.74, 6) is 1.72. The van der Waals surface area contributed by atoms with Crippen LogP contribution in [-0.4, -0.2) is 73.8 Å². The first kappa shape index (κ1) is 18.3. The van der Waals surface area contributed by atoms with Crippen molar-refractivity contribution >= 4 is 21.9 Å². The zero-order chi connectivity index (χ0) is 17.9. The highest BCUT2D eigenvalue weighted by molar-refractivity contribution is 9.10. The molecule has 0 spiro atoms. The number of likely N-dealkylation sites (tertiary alicyclic amines) is 1. The van der Waals surface area contributed by atoms with Crippen LogP contribution in [0.4, 0.5) is 0 Å². The molecule has 1 saturated carbocycles. The monoisotopic (exact) mass is 420 g/mol. The smallest absolute Gasteiger partial charge is 0.194 e. The maximum absolute atomic E-state index is 5.50. The van der Waals surface area contributed by atoms with Crippen molar-refractivity contribution in [3.63, 3.8) is 0 Å². The Morgan fingerprint density at radius 2 is 2.00 bits per heavy atom. The van der Waals surface area contributed by atoms with E-state index in [9.17, 15) is 0 Å². The van der Waals surface area contributed by atoms with E-state index in [1.165, 1.54) is 18.4 Å². The Hall–Kier alpha value is -1.11. The number of hydrogen-bond acceptors (Lipinski definition) is 3. The maximum atomic E-state index is 5.50. The van der Waals surface area contributed by atoms with Gasteiger partial charge in [0.05, 0.1) is 13.2 Å². The van der Waals surface area contributed by atoms with Gasteiger partial charge in [0.2, 0.25) is 0 Å².